The third kappa shape index (κ3) is 1.88. The first-order valence-electron chi connectivity index (χ1n) is 5.11. The number of para-hydroxylation sites is 1. The molecule has 0 spiro atoms. The lowest BCUT2D eigenvalue weighted by molar-refractivity contribution is 0.139. The average Bonchev–Trinajstić information content (AvgIpc) is 2.68. The topological polar surface area (TPSA) is 67.8 Å². The Balaban J connectivity index is 2.27. The largest absolute Gasteiger partial charge is 0.504 e. The van der Waals surface area contributed by atoms with Gasteiger partial charge in [0, 0.05) is 5.56 Å². The summed E-state index contributed by atoms with van der Waals surface area (Å²) in [6.07, 6.45) is -0.917. The van der Waals surface area contributed by atoms with Crippen LogP contribution in [0.25, 0.3) is 0 Å². The molecule has 1 saturated heterocycles. The van der Waals surface area contributed by atoms with E-state index < -0.39 is 12.2 Å². The van der Waals surface area contributed by atoms with Crippen LogP contribution in [0.15, 0.2) is 18.2 Å². The molecule has 5 heteroatoms. The highest BCUT2D eigenvalue weighted by Gasteiger charge is 2.27. The lowest BCUT2D eigenvalue weighted by Gasteiger charge is -2.13. The smallest absolute Gasteiger partial charge is 0.407 e. The lowest BCUT2D eigenvalue weighted by Crippen LogP contribution is -2.12. The summed E-state index contributed by atoms with van der Waals surface area (Å²) in [5, 5.41) is 12.5. The SMILES string of the molecule is CCOc1cccc(C2CNC(=O)O2)c1O. The molecule has 2 N–H and O–H groups in total. The third-order valence-corrected chi connectivity index (χ3v) is 2.36. The average molecular weight is 223 g/mol. The van der Waals surface area contributed by atoms with E-state index in [2.05, 4.69) is 5.32 Å². The minimum Gasteiger partial charge on any atom is -0.504 e. The first-order valence-corrected chi connectivity index (χ1v) is 5.11. The van der Waals surface area contributed by atoms with Crippen molar-refractivity contribution in [3.8, 4) is 11.5 Å². The third-order valence-electron chi connectivity index (χ3n) is 2.36. The van der Waals surface area contributed by atoms with Gasteiger partial charge < -0.3 is 19.9 Å². The number of amides is 1. The summed E-state index contributed by atoms with van der Waals surface area (Å²) in [6, 6.07) is 5.14. The standard InChI is InChI=1S/C11H13NO4/c1-2-15-8-5-3-4-7(10(8)13)9-6-12-11(14)16-9/h3-5,9,13H,2,6H2,1H3,(H,12,14). The van der Waals surface area contributed by atoms with Gasteiger partial charge >= 0.3 is 6.09 Å². The molecule has 0 aliphatic carbocycles. The van der Waals surface area contributed by atoms with Gasteiger partial charge in [-0.3, -0.25) is 0 Å². The van der Waals surface area contributed by atoms with E-state index in [0.717, 1.165) is 0 Å². The molecule has 1 aromatic rings. The van der Waals surface area contributed by atoms with Crippen LogP contribution in [0, 0.1) is 0 Å². The second kappa shape index (κ2) is 4.30. The molecule has 2 rings (SSSR count). The quantitative estimate of drug-likeness (QED) is 0.816. The van der Waals surface area contributed by atoms with Crippen molar-refractivity contribution in [2.45, 2.75) is 13.0 Å². The van der Waals surface area contributed by atoms with Crippen LogP contribution in [-0.4, -0.2) is 24.4 Å². The van der Waals surface area contributed by atoms with Crippen molar-refractivity contribution in [2.24, 2.45) is 0 Å². The molecule has 0 bridgehead atoms. The predicted molar refractivity (Wildman–Crippen MR) is 56.5 cm³/mol. The van der Waals surface area contributed by atoms with Gasteiger partial charge in [0.15, 0.2) is 11.5 Å². The molecule has 1 atom stereocenters. The Kier molecular flexibility index (Phi) is 2.85. The Bertz CT molecular complexity index is 405. The van der Waals surface area contributed by atoms with Crippen molar-refractivity contribution in [1.82, 2.24) is 5.32 Å². The van der Waals surface area contributed by atoms with Crippen LogP contribution in [0.1, 0.15) is 18.6 Å². The first kappa shape index (κ1) is 10.6. The minimum atomic E-state index is -0.466. The monoisotopic (exact) mass is 223 g/mol. The molecule has 1 aliphatic heterocycles. The van der Waals surface area contributed by atoms with Crippen LogP contribution in [0.4, 0.5) is 4.79 Å². The first-order chi connectivity index (χ1) is 7.72. The van der Waals surface area contributed by atoms with Crippen LogP contribution in [0.3, 0.4) is 0 Å². The Morgan fingerprint density at radius 3 is 3.06 bits per heavy atom. The van der Waals surface area contributed by atoms with Gasteiger partial charge in [-0.1, -0.05) is 12.1 Å². The maximum atomic E-state index is 10.9. The van der Waals surface area contributed by atoms with Crippen molar-refractivity contribution in [3.63, 3.8) is 0 Å². The van der Waals surface area contributed by atoms with Crippen molar-refractivity contribution < 1.29 is 19.4 Å². The highest BCUT2D eigenvalue weighted by molar-refractivity contribution is 5.70. The molecule has 16 heavy (non-hydrogen) atoms. The molecule has 86 valence electrons. The van der Waals surface area contributed by atoms with E-state index in [4.69, 9.17) is 9.47 Å². The molecule has 0 saturated carbocycles. The Morgan fingerprint density at radius 1 is 1.62 bits per heavy atom. The molecule has 0 radical (unpaired) electrons. The summed E-state index contributed by atoms with van der Waals surface area (Å²) < 4.78 is 10.2. The maximum absolute atomic E-state index is 10.9. The van der Waals surface area contributed by atoms with Gasteiger partial charge in [0.1, 0.15) is 6.10 Å². The van der Waals surface area contributed by atoms with E-state index in [1.54, 1.807) is 18.2 Å². The fraction of sp³-hybridized carbons (Fsp3) is 0.364. The van der Waals surface area contributed by atoms with Crippen molar-refractivity contribution in [2.75, 3.05) is 13.2 Å². The Hall–Kier alpha value is -1.91. The summed E-state index contributed by atoms with van der Waals surface area (Å²) in [5.74, 6) is 0.439. The van der Waals surface area contributed by atoms with Crippen molar-refractivity contribution in [3.05, 3.63) is 23.8 Å². The van der Waals surface area contributed by atoms with Gasteiger partial charge in [0.2, 0.25) is 0 Å². The molecule has 1 heterocycles. The van der Waals surface area contributed by atoms with Crippen molar-refractivity contribution in [1.29, 1.82) is 0 Å². The van der Waals surface area contributed by atoms with E-state index in [1.165, 1.54) is 0 Å². The number of aromatic hydroxyl groups is 1. The predicted octanol–water partition coefficient (Wildman–Crippen LogP) is 1.57. The van der Waals surface area contributed by atoms with Crippen LogP contribution in [0.2, 0.25) is 0 Å². The number of benzene rings is 1. The van der Waals surface area contributed by atoms with E-state index in [1.807, 2.05) is 6.92 Å². The fourth-order valence-electron chi connectivity index (χ4n) is 1.63. The van der Waals surface area contributed by atoms with Crippen LogP contribution in [0.5, 0.6) is 11.5 Å². The molecule has 0 aromatic heterocycles. The zero-order valence-electron chi connectivity index (χ0n) is 8.90. The van der Waals surface area contributed by atoms with Gasteiger partial charge in [0.25, 0.3) is 0 Å². The highest BCUT2D eigenvalue weighted by atomic mass is 16.6. The summed E-state index contributed by atoms with van der Waals surface area (Å²) >= 11 is 0. The fourth-order valence-corrected chi connectivity index (χ4v) is 1.63. The number of hydrogen-bond acceptors (Lipinski definition) is 4. The maximum Gasteiger partial charge on any atom is 0.407 e. The molecule has 1 amide bonds. The minimum absolute atomic E-state index is 0.0332. The number of phenolic OH excluding ortho intramolecular Hbond substituents is 1. The van der Waals surface area contributed by atoms with Crippen LogP contribution in [-0.2, 0) is 4.74 Å². The number of rotatable bonds is 3. The summed E-state index contributed by atoms with van der Waals surface area (Å²) in [6.45, 7) is 2.67. The van der Waals surface area contributed by atoms with Gasteiger partial charge in [-0.05, 0) is 13.0 Å². The van der Waals surface area contributed by atoms with Crippen molar-refractivity contribution >= 4 is 6.09 Å². The number of hydrogen-bond donors (Lipinski definition) is 2. The molecule has 1 aliphatic rings. The van der Waals surface area contributed by atoms with Gasteiger partial charge in [-0.25, -0.2) is 4.79 Å². The van der Waals surface area contributed by atoms with Gasteiger partial charge in [-0.2, -0.15) is 0 Å². The number of ether oxygens (including phenoxy) is 2. The number of cyclic esters (lactones) is 1. The second-order valence-electron chi connectivity index (χ2n) is 3.40. The zero-order chi connectivity index (χ0) is 11.5. The Labute approximate surface area is 93.0 Å². The van der Waals surface area contributed by atoms with E-state index in [-0.39, 0.29) is 5.75 Å². The molecule has 5 nitrogen and oxygen atoms in total. The zero-order valence-corrected chi connectivity index (χ0v) is 8.90. The highest BCUT2D eigenvalue weighted by Crippen LogP contribution is 2.36. The molecule has 1 aromatic carbocycles. The van der Waals surface area contributed by atoms with E-state index in [9.17, 15) is 9.90 Å². The summed E-state index contributed by atoms with van der Waals surface area (Å²) in [7, 11) is 0. The molecular formula is C11H13NO4. The van der Waals surface area contributed by atoms with E-state index >= 15 is 0 Å². The second-order valence-corrected chi connectivity index (χ2v) is 3.40. The summed E-state index contributed by atoms with van der Waals surface area (Å²) in [5.41, 5.74) is 0.560. The number of carbonyl (C=O) groups excluding carboxylic acids is 1. The van der Waals surface area contributed by atoms with Gasteiger partial charge in [0.05, 0.1) is 13.2 Å². The Morgan fingerprint density at radius 2 is 2.44 bits per heavy atom. The molecule has 1 fully saturated rings. The number of phenols is 1. The van der Waals surface area contributed by atoms with Crippen LogP contribution < -0.4 is 10.1 Å². The summed E-state index contributed by atoms with van der Waals surface area (Å²) in [4.78, 5) is 10.9. The van der Waals surface area contributed by atoms with Crippen LogP contribution >= 0.6 is 0 Å². The lowest BCUT2D eigenvalue weighted by atomic mass is 10.1. The van der Waals surface area contributed by atoms with E-state index in [0.29, 0.717) is 24.5 Å². The number of nitrogens with one attached hydrogen (secondary N) is 1. The normalized spacial score (nSPS) is 19.1. The molecule has 1 unspecified atom stereocenters. The van der Waals surface area contributed by atoms with Gasteiger partial charge in [-0.15, -0.1) is 0 Å². The molecular weight excluding hydrogens is 210 g/mol. The number of alkyl carbamates (subject to hydrolysis) is 1. The number of carbonyl (C=O) groups is 1.